The Morgan fingerprint density at radius 1 is 1.60 bits per heavy atom. The van der Waals surface area contributed by atoms with E-state index in [0.29, 0.717) is 13.0 Å². The van der Waals surface area contributed by atoms with E-state index in [-0.39, 0.29) is 23.1 Å². The van der Waals surface area contributed by atoms with Crippen molar-refractivity contribution >= 4 is 23.6 Å². The first-order valence-corrected chi connectivity index (χ1v) is 6.34. The zero-order valence-corrected chi connectivity index (χ0v) is 10.0. The molecule has 1 fully saturated rings. The molecular formula is C10H18N2O2S. The van der Waals surface area contributed by atoms with Crippen LogP contribution >= 0.6 is 11.8 Å². The highest BCUT2D eigenvalue weighted by Gasteiger charge is 2.40. The van der Waals surface area contributed by atoms with Gasteiger partial charge in [-0.3, -0.25) is 14.5 Å². The van der Waals surface area contributed by atoms with E-state index in [1.54, 1.807) is 0 Å². The highest BCUT2D eigenvalue weighted by atomic mass is 32.2. The molecule has 1 aliphatic rings. The predicted molar refractivity (Wildman–Crippen MR) is 61.5 cm³/mol. The Bertz CT molecular complexity index is 258. The lowest BCUT2D eigenvalue weighted by atomic mass is 10.2. The van der Waals surface area contributed by atoms with Crippen LogP contribution in [0.1, 0.15) is 26.7 Å². The van der Waals surface area contributed by atoms with Crippen LogP contribution in [-0.2, 0) is 9.59 Å². The maximum Gasteiger partial charge on any atom is 0.243 e. The van der Waals surface area contributed by atoms with Gasteiger partial charge < -0.3 is 5.73 Å². The average molecular weight is 230 g/mol. The minimum atomic E-state index is -0.199. The summed E-state index contributed by atoms with van der Waals surface area (Å²) in [5.74, 6) is 0.662. The van der Waals surface area contributed by atoms with Crippen LogP contribution < -0.4 is 5.73 Å². The molecule has 86 valence electrons. The van der Waals surface area contributed by atoms with Crippen LogP contribution in [0.4, 0.5) is 0 Å². The Labute approximate surface area is 94.6 Å². The number of imide groups is 1. The number of carbonyl (C=O) groups excluding carboxylic acids is 2. The third kappa shape index (κ3) is 2.72. The Hall–Kier alpha value is -0.550. The number of likely N-dealkylation sites (tertiary alicyclic amines) is 1. The summed E-state index contributed by atoms with van der Waals surface area (Å²) in [6.45, 7) is 4.43. The first-order valence-electron chi connectivity index (χ1n) is 5.29. The molecule has 1 rings (SSSR count). The average Bonchev–Trinajstić information content (AvgIpc) is 2.50. The molecule has 1 saturated heterocycles. The number of carbonyl (C=O) groups is 2. The van der Waals surface area contributed by atoms with E-state index in [1.807, 2.05) is 13.8 Å². The minimum Gasteiger partial charge on any atom is -0.330 e. The highest BCUT2D eigenvalue weighted by molar-refractivity contribution is 8.00. The van der Waals surface area contributed by atoms with E-state index in [0.717, 1.165) is 12.2 Å². The molecule has 0 aromatic rings. The second-order valence-corrected chi connectivity index (χ2v) is 5.02. The van der Waals surface area contributed by atoms with Gasteiger partial charge in [-0.1, -0.05) is 6.92 Å². The fourth-order valence-electron chi connectivity index (χ4n) is 1.61. The lowest BCUT2D eigenvalue weighted by Gasteiger charge is -2.21. The van der Waals surface area contributed by atoms with Crippen LogP contribution in [0.2, 0.25) is 0 Å². The van der Waals surface area contributed by atoms with Crippen molar-refractivity contribution in [3.63, 3.8) is 0 Å². The number of nitrogens with zero attached hydrogens (tertiary/aromatic N) is 1. The molecular weight excluding hydrogens is 212 g/mol. The fraction of sp³-hybridized carbons (Fsp3) is 0.800. The summed E-state index contributed by atoms with van der Waals surface area (Å²) in [6.07, 6.45) is 1.15. The summed E-state index contributed by atoms with van der Waals surface area (Å²) >= 11 is 1.49. The van der Waals surface area contributed by atoms with E-state index in [1.165, 1.54) is 16.7 Å². The third-order valence-electron chi connectivity index (χ3n) is 2.61. The Morgan fingerprint density at radius 2 is 2.27 bits per heavy atom. The van der Waals surface area contributed by atoms with Crippen molar-refractivity contribution in [3.8, 4) is 0 Å². The van der Waals surface area contributed by atoms with Gasteiger partial charge in [0.25, 0.3) is 0 Å². The maximum atomic E-state index is 11.9. The van der Waals surface area contributed by atoms with Crippen LogP contribution in [0.3, 0.4) is 0 Å². The topological polar surface area (TPSA) is 63.4 Å². The number of amides is 2. The zero-order chi connectivity index (χ0) is 11.4. The summed E-state index contributed by atoms with van der Waals surface area (Å²) in [5.41, 5.74) is 5.38. The number of hydrogen-bond donors (Lipinski definition) is 1. The molecule has 1 aliphatic heterocycles. The van der Waals surface area contributed by atoms with Gasteiger partial charge in [-0.2, -0.15) is 0 Å². The monoisotopic (exact) mass is 230 g/mol. The molecule has 0 radical (unpaired) electrons. The van der Waals surface area contributed by atoms with Gasteiger partial charge in [0.15, 0.2) is 0 Å². The fourth-order valence-corrected chi connectivity index (χ4v) is 2.55. The van der Waals surface area contributed by atoms with Crippen molar-refractivity contribution in [2.75, 3.05) is 12.3 Å². The van der Waals surface area contributed by atoms with Gasteiger partial charge in [0, 0.05) is 24.8 Å². The van der Waals surface area contributed by atoms with Gasteiger partial charge in [0.2, 0.25) is 11.8 Å². The Balaban J connectivity index is 2.62. The third-order valence-corrected chi connectivity index (χ3v) is 3.85. The molecule has 15 heavy (non-hydrogen) atoms. The molecule has 0 bridgehead atoms. The summed E-state index contributed by atoms with van der Waals surface area (Å²) in [6, 6.07) is 0.0217. The summed E-state index contributed by atoms with van der Waals surface area (Å²) in [5, 5.41) is -0.199. The van der Waals surface area contributed by atoms with E-state index in [4.69, 9.17) is 5.73 Å². The first-order chi connectivity index (χ1) is 7.11. The summed E-state index contributed by atoms with van der Waals surface area (Å²) in [4.78, 5) is 24.9. The first kappa shape index (κ1) is 12.5. The van der Waals surface area contributed by atoms with E-state index >= 15 is 0 Å². The van der Waals surface area contributed by atoms with E-state index in [2.05, 4.69) is 0 Å². The van der Waals surface area contributed by atoms with Crippen molar-refractivity contribution in [2.24, 2.45) is 5.73 Å². The van der Waals surface area contributed by atoms with Crippen LogP contribution in [0, 0.1) is 0 Å². The van der Waals surface area contributed by atoms with Gasteiger partial charge in [0.05, 0.1) is 5.25 Å². The minimum absolute atomic E-state index is 0.0217. The lowest BCUT2D eigenvalue weighted by molar-refractivity contribution is -0.140. The number of rotatable bonds is 5. The molecule has 2 atom stereocenters. The number of hydrogen-bond acceptors (Lipinski definition) is 4. The van der Waals surface area contributed by atoms with Crippen molar-refractivity contribution < 1.29 is 9.59 Å². The van der Waals surface area contributed by atoms with Gasteiger partial charge in [0.1, 0.15) is 0 Å². The van der Waals surface area contributed by atoms with Crippen molar-refractivity contribution in [3.05, 3.63) is 0 Å². The van der Waals surface area contributed by atoms with Crippen molar-refractivity contribution in [2.45, 2.75) is 38.0 Å². The predicted octanol–water partition coefficient (Wildman–Crippen LogP) is 0.604. The quantitative estimate of drug-likeness (QED) is 0.703. The molecule has 5 heteroatoms. The van der Waals surface area contributed by atoms with E-state index < -0.39 is 0 Å². The lowest BCUT2D eigenvalue weighted by Crippen LogP contribution is -2.38. The van der Waals surface area contributed by atoms with Gasteiger partial charge in [-0.25, -0.2) is 0 Å². The van der Waals surface area contributed by atoms with Crippen molar-refractivity contribution in [1.29, 1.82) is 0 Å². The molecule has 0 aliphatic carbocycles. The smallest absolute Gasteiger partial charge is 0.243 e. The summed E-state index contributed by atoms with van der Waals surface area (Å²) in [7, 11) is 0. The second kappa shape index (κ2) is 5.51. The molecule has 0 spiro atoms. The molecule has 2 amide bonds. The van der Waals surface area contributed by atoms with Gasteiger partial charge >= 0.3 is 0 Å². The largest absolute Gasteiger partial charge is 0.330 e. The SMILES string of the molecule is CCC(C)N1C(=O)CC(SCCN)C1=O. The van der Waals surface area contributed by atoms with Crippen molar-refractivity contribution in [1.82, 2.24) is 4.90 Å². The maximum absolute atomic E-state index is 11.9. The molecule has 2 N–H and O–H groups in total. The number of thioether (sulfide) groups is 1. The van der Waals surface area contributed by atoms with Crippen LogP contribution in [0.15, 0.2) is 0 Å². The Kier molecular flexibility index (Phi) is 4.60. The van der Waals surface area contributed by atoms with Crippen LogP contribution in [0.5, 0.6) is 0 Å². The van der Waals surface area contributed by atoms with Crippen LogP contribution in [0.25, 0.3) is 0 Å². The molecule has 2 unspecified atom stereocenters. The Morgan fingerprint density at radius 3 is 2.80 bits per heavy atom. The highest BCUT2D eigenvalue weighted by Crippen LogP contribution is 2.26. The summed E-state index contributed by atoms with van der Waals surface area (Å²) < 4.78 is 0. The van der Waals surface area contributed by atoms with Crippen LogP contribution in [-0.4, -0.2) is 40.3 Å². The van der Waals surface area contributed by atoms with Gasteiger partial charge in [-0.15, -0.1) is 11.8 Å². The molecule has 0 saturated carbocycles. The molecule has 4 nitrogen and oxygen atoms in total. The molecule has 1 heterocycles. The standard InChI is InChI=1S/C10H18N2O2S/c1-3-7(2)12-9(13)6-8(10(12)14)15-5-4-11/h7-8H,3-6,11H2,1-2H3. The number of nitrogens with two attached hydrogens (primary N) is 1. The molecule has 0 aromatic heterocycles. The zero-order valence-electron chi connectivity index (χ0n) is 9.23. The van der Waals surface area contributed by atoms with E-state index in [9.17, 15) is 9.59 Å². The second-order valence-electron chi connectivity index (χ2n) is 3.71. The molecule has 0 aromatic carbocycles. The van der Waals surface area contributed by atoms with Gasteiger partial charge in [-0.05, 0) is 13.3 Å². The normalized spacial score (nSPS) is 23.7.